The van der Waals surface area contributed by atoms with Gasteiger partial charge in [0.15, 0.2) is 9.84 Å². The predicted octanol–water partition coefficient (Wildman–Crippen LogP) is 2.55. The fraction of sp³-hybridized carbons (Fsp3) is 0.308. The van der Waals surface area contributed by atoms with Gasteiger partial charge >= 0.3 is 0 Å². The van der Waals surface area contributed by atoms with Crippen molar-refractivity contribution in [3.8, 4) is 0 Å². The first-order chi connectivity index (χ1) is 8.13. The monoisotopic (exact) mass is 283 g/mol. The third-order valence-electron chi connectivity index (χ3n) is 3.29. The quantitative estimate of drug-likeness (QED) is 0.808. The van der Waals surface area contributed by atoms with E-state index in [1.807, 2.05) is 31.2 Å². The Bertz CT molecular complexity index is 710. The molecule has 2 aromatic rings. The molecule has 0 saturated carbocycles. The number of fused-ring (bicyclic) bond motifs is 2. The molecule has 5 heteroatoms. The second kappa shape index (κ2) is 4.52. The largest absolute Gasteiger partial charge is 0.251 e. The van der Waals surface area contributed by atoms with E-state index < -0.39 is 9.84 Å². The van der Waals surface area contributed by atoms with Crippen LogP contribution in [-0.4, -0.2) is 19.2 Å². The van der Waals surface area contributed by atoms with Gasteiger partial charge in [0.1, 0.15) is 0 Å². The van der Waals surface area contributed by atoms with Gasteiger partial charge in [0.05, 0.1) is 21.9 Å². The summed E-state index contributed by atoms with van der Waals surface area (Å²) in [6, 6.07) is 7.76. The van der Waals surface area contributed by atoms with Crippen LogP contribution in [0.4, 0.5) is 0 Å². The minimum absolute atomic E-state index is 0. The van der Waals surface area contributed by atoms with E-state index in [9.17, 15) is 8.42 Å². The molecule has 0 unspecified atom stereocenters. The van der Waals surface area contributed by atoms with Crippen LogP contribution in [0.25, 0.3) is 10.9 Å². The summed E-state index contributed by atoms with van der Waals surface area (Å²) in [7, 11) is -3.10. The van der Waals surface area contributed by atoms with E-state index in [1.165, 1.54) is 0 Å². The standard InChI is InChI=1S/C13H13NO2S.ClH/c1-2-9-10-5-3-4-6-11(10)14-12-7-8-17(15,16)13(9)12;/h3-6H,2,7-8H2,1H3;1H. The molecule has 0 saturated heterocycles. The van der Waals surface area contributed by atoms with Gasteiger partial charge in [-0.15, -0.1) is 12.4 Å². The Hall–Kier alpha value is -1.13. The molecular weight excluding hydrogens is 270 g/mol. The van der Waals surface area contributed by atoms with Gasteiger partial charge in [-0.2, -0.15) is 0 Å². The molecule has 1 aromatic carbocycles. The Morgan fingerprint density at radius 2 is 2.00 bits per heavy atom. The number of hydrogen-bond acceptors (Lipinski definition) is 3. The average Bonchev–Trinajstić information content (AvgIpc) is 2.63. The third-order valence-corrected chi connectivity index (χ3v) is 5.14. The molecule has 0 fully saturated rings. The van der Waals surface area contributed by atoms with Crippen molar-refractivity contribution in [2.75, 3.05) is 5.75 Å². The Balaban J connectivity index is 0.00000120. The number of para-hydroxylation sites is 1. The second-order valence-electron chi connectivity index (χ2n) is 4.31. The maximum atomic E-state index is 12.0. The van der Waals surface area contributed by atoms with Gasteiger partial charge in [0.2, 0.25) is 0 Å². The topological polar surface area (TPSA) is 47.0 Å². The summed E-state index contributed by atoms with van der Waals surface area (Å²) >= 11 is 0. The zero-order valence-electron chi connectivity index (χ0n) is 10.0. The van der Waals surface area contributed by atoms with Crippen molar-refractivity contribution >= 4 is 33.1 Å². The molecule has 0 N–H and O–H groups in total. The lowest BCUT2D eigenvalue weighted by Crippen LogP contribution is -2.04. The molecule has 0 amide bonds. The van der Waals surface area contributed by atoms with E-state index in [0.717, 1.165) is 28.6 Å². The molecule has 1 aliphatic rings. The molecule has 3 nitrogen and oxygen atoms in total. The number of benzene rings is 1. The van der Waals surface area contributed by atoms with Crippen LogP contribution in [0.2, 0.25) is 0 Å². The van der Waals surface area contributed by atoms with Crippen LogP contribution in [0.5, 0.6) is 0 Å². The Kier molecular flexibility index (Phi) is 3.34. The first kappa shape index (κ1) is 13.3. The summed E-state index contributed by atoms with van der Waals surface area (Å²) in [4.78, 5) is 4.98. The van der Waals surface area contributed by atoms with E-state index in [2.05, 4.69) is 4.98 Å². The number of nitrogens with zero attached hydrogens (tertiary/aromatic N) is 1. The number of pyridine rings is 1. The number of hydrogen-bond donors (Lipinski definition) is 0. The van der Waals surface area contributed by atoms with Crippen LogP contribution in [0, 0.1) is 0 Å². The number of rotatable bonds is 1. The molecule has 1 aromatic heterocycles. The number of aromatic nitrogens is 1. The molecule has 0 bridgehead atoms. The lowest BCUT2D eigenvalue weighted by atomic mass is 10.0. The smallest absolute Gasteiger partial charge is 0.180 e. The number of sulfone groups is 1. The molecule has 96 valence electrons. The molecule has 0 aliphatic carbocycles. The maximum Gasteiger partial charge on any atom is 0.180 e. The van der Waals surface area contributed by atoms with Crippen molar-refractivity contribution in [1.82, 2.24) is 4.98 Å². The average molecular weight is 284 g/mol. The lowest BCUT2D eigenvalue weighted by Gasteiger charge is -2.09. The number of halogens is 1. The highest BCUT2D eigenvalue weighted by Gasteiger charge is 2.31. The summed E-state index contributed by atoms with van der Waals surface area (Å²) in [5, 5.41) is 0.972. The molecule has 2 heterocycles. The van der Waals surface area contributed by atoms with Crippen molar-refractivity contribution < 1.29 is 8.42 Å². The Morgan fingerprint density at radius 1 is 1.28 bits per heavy atom. The van der Waals surface area contributed by atoms with Crippen molar-refractivity contribution in [2.45, 2.75) is 24.7 Å². The van der Waals surface area contributed by atoms with Crippen LogP contribution in [0.1, 0.15) is 18.2 Å². The fourth-order valence-corrected chi connectivity index (χ4v) is 4.34. The van der Waals surface area contributed by atoms with E-state index in [4.69, 9.17) is 0 Å². The summed E-state index contributed by atoms with van der Waals surface area (Å²) in [5.41, 5.74) is 2.59. The molecule has 0 radical (unpaired) electrons. The van der Waals surface area contributed by atoms with Crippen LogP contribution in [-0.2, 0) is 22.7 Å². The number of aryl methyl sites for hydroxylation is 2. The van der Waals surface area contributed by atoms with Crippen LogP contribution < -0.4 is 0 Å². The first-order valence-corrected chi connectivity index (χ1v) is 7.42. The Morgan fingerprint density at radius 3 is 2.72 bits per heavy atom. The van der Waals surface area contributed by atoms with Crippen molar-refractivity contribution in [1.29, 1.82) is 0 Å². The van der Waals surface area contributed by atoms with Gasteiger partial charge in [-0.25, -0.2) is 8.42 Å². The van der Waals surface area contributed by atoms with E-state index in [0.29, 0.717) is 11.3 Å². The SMILES string of the molecule is CCc1c2c(nc3ccccc13)CCS2(=O)=O.Cl. The van der Waals surface area contributed by atoms with Crippen LogP contribution >= 0.6 is 12.4 Å². The van der Waals surface area contributed by atoms with E-state index >= 15 is 0 Å². The van der Waals surface area contributed by atoms with E-state index in [-0.39, 0.29) is 18.2 Å². The van der Waals surface area contributed by atoms with Crippen molar-refractivity contribution in [3.05, 3.63) is 35.5 Å². The van der Waals surface area contributed by atoms with Gasteiger partial charge in [-0.1, -0.05) is 25.1 Å². The molecule has 1 aliphatic heterocycles. The highest BCUT2D eigenvalue weighted by Crippen LogP contribution is 2.33. The zero-order chi connectivity index (χ0) is 12.0. The maximum absolute atomic E-state index is 12.0. The second-order valence-corrected chi connectivity index (χ2v) is 6.35. The van der Waals surface area contributed by atoms with Gasteiger partial charge < -0.3 is 0 Å². The van der Waals surface area contributed by atoms with Crippen LogP contribution in [0.3, 0.4) is 0 Å². The predicted molar refractivity (Wildman–Crippen MR) is 74.1 cm³/mol. The minimum atomic E-state index is -3.10. The molecular formula is C13H14ClNO2S. The van der Waals surface area contributed by atoms with Gasteiger partial charge in [0.25, 0.3) is 0 Å². The van der Waals surface area contributed by atoms with Crippen LogP contribution in [0.15, 0.2) is 29.2 Å². The van der Waals surface area contributed by atoms with Gasteiger partial charge in [-0.05, 0) is 18.1 Å². The summed E-state index contributed by atoms with van der Waals surface area (Å²) < 4.78 is 24.1. The molecule has 3 rings (SSSR count). The summed E-state index contributed by atoms with van der Waals surface area (Å²) in [5.74, 6) is 0.207. The Labute approximate surface area is 113 Å². The zero-order valence-corrected chi connectivity index (χ0v) is 11.6. The normalized spacial score (nSPS) is 16.3. The van der Waals surface area contributed by atoms with Gasteiger partial charge in [0, 0.05) is 11.8 Å². The van der Waals surface area contributed by atoms with Gasteiger partial charge in [-0.3, -0.25) is 4.98 Å². The fourth-order valence-electron chi connectivity index (χ4n) is 2.54. The molecule has 0 atom stereocenters. The highest BCUT2D eigenvalue weighted by molar-refractivity contribution is 7.91. The minimum Gasteiger partial charge on any atom is -0.251 e. The third kappa shape index (κ3) is 1.80. The molecule has 18 heavy (non-hydrogen) atoms. The van der Waals surface area contributed by atoms with Crippen molar-refractivity contribution in [2.24, 2.45) is 0 Å². The summed E-state index contributed by atoms with van der Waals surface area (Å²) in [6.45, 7) is 2.00. The van der Waals surface area contributed by atoms with Crippen molar-refractivity contribution in [3.63, 3.8) is 0 Å². The molecule has 0 spiro atoms. The van der Waals surface area contributed by atoms with E-state index in [1.54, 1.807) is 0 Å². The lowest BCUT2D eigenvalue weighted by molar-refractivity contribution is 0.599. The highest BCUT2D eigenvalue weighted by atomic mass is 35.5. The summed E-state index contributed by atoms with van der Waals surface area (Å²) in [6.07, 6.45) is 1.28. The first-order valence-electron chi connectivity index (χ1n) is 5.76.